The van der Waals surface area contributed by atoms with Crippen molar-refractivity contribution >= 4 is 43.8 Å². The molecule has 4 unspecified atom stereocenters. The van der Waals surface area contributed by atoms with E-state index in [0.29, 0.717) is 0 Å². The summed E-state index contributed by atoms with van der Waals surface area (Å²) in [5.74, 6) is 0. The Morgan fingerprint density at radius 1 is 1.24 bits per heavy atom. The number of aliphatic hydroxyl groups is 4. The number of amides is 1. The van der Waals surface area contributed by atoms with Crippen LogP contribution in [-0.2, 0) is 9.31 Å². The molecular formula is C9H20BNO7S3. The predicted molar refractivity (Wildman–Crippen MR) is 86.6 cm³/mol. The third kappa shape index (κ3) is 5.48. The van der Waals surface area contributed by atoms with Crippen LogP contribution in [0.15, 0.2) is 0 Å². The minimum Gasteiger partial charge on any atom is -0.402 e. The zero-order valence-corrected chi connectivity index (χ0v) is 13.9. The van der Waals surface area contributed by atoms with Crippen LogP contribution < -0.4 is 5.32 Å². The molecule has 1 fully saturated rings. The topological polar surface area (TPSA) is 128 Å². The highest BCUT2D eigenvalue weighted by Crippen LogP contribution is 2.53. The van der Waals surface area contributed by atoms with Gasteiger partial charge in [-0.25, -0.2) is 0 Å². The van der Waals surface area contributed by atoms with Gasteiger partial charge in [0.15, 0.2) is 0 Å². The van der Waals surface area contributed by atoms with Gasteiger partial charge in [0.05, 0.1) is 31.9 Å². The van der Waals surface area contributed by atoms with E-state index in [1.165, 1.54) is 0 Å². The molecule has 1 amide bonds. The smallest absolute Gasteiger partial charge is 0.402 e. The Kier molecular flexibility index (Phi) is 7.64. The Bertz CT molecular complexity index is 341. The van der Waals surface area contributed by atoms with E-state index in [1.54, 1.807) is 6.26 Å². The Labute approximate surface area is 134 Å². The van der Waals surface area contributed by atoms with Crippen LogP contribution in [0.1, 0.15) is 0 Å². The molecule has 5 N–H and O–H groups in total. The number of nitrogens with one attached hydrogen (secondary N) is 1. The van der Waals surface area contributed by atoms with Crippen molar-refractivity contribution in [2.45, 2.75) is 24.4 Å². The minimum absolute atomic E-state index is 0.0359. The molecule has 0 radical (unpaired) electrons. The van der Waals surface area contributed by atoms with Crippen molar-refractivity contribution in [2.24, 2.45) is 0 Å². The van der Waals surface area contributed by atoms with E-state index in [4.69, 9.17) is 19.5 Å². The Balaban J connectivity index is 2.61. The van der Waals surface area contributed by atoms with Crippen LogP contribution >= 0.6 is 31.4 Å². The lowest BCUT2D eigenvalue weighted by atomic mass is 9.91. The number of carbonyl (C=O) groups is 1. The third-order valence-electron chi connectivity index (χ3n) is 2.84. The average molecular weight is 361 g/mol. The predicted octanol–water partition coefficient (Wildman–Crippen LogP) is -1.66. The lowest BCUT2D eigenvalue weighted by Crippen LogP contribution is -2.45. The fraction of sp³-hybridized carbons (Fsp3) is 0.889. The van der Waals surface area contributed by atoms with E-state index in [1.807, 2.05) is 0 Å². The molecule has 0 aromatic heterocycles. The standard InChI is InChI=1S/C9H20BNO7S3/c1-21(19,20)9(16)11-4-10-17-7(5(14)2-12)8(18-10)6(15)3-13/h5-8,12-15,19-20H,2-4H2,1H3,(H,11,16). The number of hydrogen-bond donors (Lipinski definition) is 7. The first kappa shape index (κ1) is 19.4. The summed E-state index contributed by atoms with van der Waals surface area (Å²) in [7, 11) is -2.94. The van der Waals surface area contributed by atoms with Crippen molar-refractivity contribution in [3.63, 3.8) is 0 Å². The lowest BCUT2D eigenvalue weighted by Gasteiger charge is -2.24. The van der Waals surface area contributed by atoms with Gasteiger partial charge in [-0.2, -0.15) is 0 Å². The Morgan fingerprint density at radius 2 is 1.67 bits per heavy atom. The van der Waals surface area contributed by atoms with Crippen molar-refractivity contribution in [3.8, 4) is 0 Å². The normalized spacial score (nSPS) is 26.5. The number of rotatable bonds is 6. The van der Waals surface area contributed by atoms with Crippen LogP contribution in [0.4, 0.5) is 4.79 Å². The van der Waals surface area contributed by atoms with E-state index in [9.17, 15) is 15.0 Å². The summed E-state index contributed by atoms with van der Waals surface area (Å²) in [5, 5.41) is 39.4. The van der Waals surface area contributed by atoms with E-state index >= 15 is 0 Å². The summed E-state index contributed by atoms with van der Waals surface area (Å²) >= 11 is 8.13. The molecule has 0 bridgehead atoms. The highest BCUT2D eigenvalue weighted by atomic mass is 33.5. The quantitative estimate of drug-likeness (QED) is 0.171. The molecule has 0 spiro atoms. The zero-order chi connectivity index (χ0) is 16.2. The third-order valence-corrected chi connectivity index (χ3v) is 4.68. The van der Waals surface area contributed by atoms with Crippen LogP contribution in [0.3, 0.4) is 0 Å². The maximum absolute atomic E-state index is 11.6. The van der Waals surface area contributed by atoms with E-state index in [-0.39, 0.29) is 11.7 Å². The first-order chi connectivity index (χ1) is 9.70. The van der Waals surface area contributed by atoms with E-state index < -0.39 is 52.8 Å². The Morgan fingerprint density at radius 3 is 2.00 bits per heavy atom. The van der Waals surface area contributed by atoms with Gasteiger partial charge in [0.2, 0.25) is 0 Å². The van der Waals surface area contributed by atoms with Crippen molar-refractivity contribution in [3.05, 3.63) is 0 Å². The van der Waals surface area contributed by atoms with Crippen molar-refractivity contribution in [1.82, 2.24) is 5.32 Å². The van der Waals surface area contributed by atoms with Gasteiger partial charge in [0.1, 0.15) is 12.2 Å². The van der Waals surface area contributed by atoms with Crippen molar-refractivity contribution < 1.29 is 34.5 Å². The van der Waals surface area contributed by atoms with Crippen LogP contribution in [0.5, 0.6) is 0 Å². The zero-order valence-electron chi connectivity index (χ0n) is 11.3. The van der Waals surface area contributed by atoms with Crippen molar-refractivity contribution in [1.29, 1.82) is 0 Å². The average Bonchev–Trinajstić information content (AvgIpc) is 2.86. The molecule has 0 aliphatic carbocycles. The van der Waals surface area contributed by atoms with Gasteiger partial charge in [-0.1, -0.05) is 8.09 Å². The van der Waals surface area contributed by atoms with Gasteiger partial charge in [-0.05, 0) is 6.26 Å². The van der Waals surface area contributed by atoms with Gasteiger partial charge < -0.3 is 35.1 Å². The molecule has 0 aromatic rings. The maximum Gasteiger partial charge on any atom is 0.478 e. The molecule has 1 aliphatic heterocycles. The van der Waals surface area contributed by atoms with Gasteiger partial charge >= 0.3 is 7.12 Å². The molecular weight excluding hydrogens is 341 g/mol. The van der Waals surface area contributed by atoms with Gasteiger partial charge in [0, 0.05) is 0 Å². The van der Waals surface area contributed by atoms with Crippen LogP contribution in [0, 0.1) is 0 Å². The van der Waals surface area contributed by atoms with Gasteiger partial charge in [-0.3, -0.25) is 4.79 Å². The summed E-state index contributed by atoms with van der Waals surface area (Å²) in [6.45, 7) is -1.17. The van der Waals surface area contributed by atoms with Gasteiger partial charge in [0.25, 0.3) is 5.24 Å². The monoisotopic (exact) mass is 361 g/mol. The van der Waals surface area contributed by atoms with Crippen LogP contribution in [-0.4, -0.2) is 83.1 Å². The summed E-state index contributed by atoms with van der Waals surface area (Å²) in [5.41, 5.74) is 0. The second-order valence-corrected chi connectivity index (χ2v) is 11.9. The molecule has 1 rings (SSSR count). The molecule has 1 saturated heterocycles. The van der Waals surface area contributed by atoms with E-state index in [0.717, 1.165) is 0 Å². The summed E-state index contributed by atoms with van der Waals surface area (Å²) < 4.78 is 10.7. The molecule has 4 atom stereocenters. The maximum atomic E-state index is 11.6. The fourth-order valence-corrected chi connectivity index (χ4v) is 2.51. The van der Waals surface area contributed by atoms with Crippen LogP contribution in [0.25, 0.3) is 0 Å². The summed E-state index contributed by atoms with van der Waals surface area (Å²) in [4.78, 5) is 11.6. The largest absolute Gasteiger partial charge is 0.478 e. The molecule has 1 aliphatic rings. The van der Waals surface area contributed by atoms with E-state index in [2.05, 4.69) is 28.6 Å². The molecule has 0 saturated carbocycles. The van der Waals surface area contributed by atoms with Crippen LogP contribution in [0.2, 0.25) is 0 Å². The molecule has 12 heteroatoms. The second-order valence-electron chi connectivity index (χ2n) is 4.63. The molecule has 1 heterocycles. The molecule has 21 heavy (non-hydrogen) atoms. The number of aliphatic hydroxyl groups excluding tert-OH is 4. The number of carbonyl (C=O) groups excluding carboxylic acids is 1. The SMILES string of the molecule is CS(S)(S)C(=O)NCB1OC(C(O)CO)C(C(O)CO)O1. The Hall–Kier alpha value is 0.345. The van der Waals surface area contributed by atoms with Gasteiger partial charge in [-0.15, -0.1) is 23.3 Å². The first-order valence-electron chi connectivity index (χ1n) is 6.10. The highest BCUT2D eigenvalue weighted by molar-refractivity contribution is 9.22. The second kappa shape index (κ2) is 8.27. The summed E-state index contributed by atoms with van der Waals surface area (Å²) in [6.07, 6.45) is -3.03. The molecule has 124 valence electrons. The highest BCUT2D eigenvalue weighted by Gasteiger charge is 2.46. The minimum atomic E-state index is -2.01. The summed E-state index contributed by atoms with van der Waals surface area (Å²) in [6, 6.07) is 0. The van der Waals surface area contributed by atoms with Crippen molar-refractivity contribution in [2.75, 3.05) is 25.9 Å². The molecule has 8 nitrogen and oxygen atoms in total. The fourth-order valence-electron chi connectivity index (χ4n) is 1.76. The lowest BCUT2D eigenvalue weighted by molar-refractivity contribution is -0.0640. The number of thiol groups is 2. The molecule has 0 aromatic carbocycles. The number of hydrogen-bond acceptors (Lipinski definition) is 9. The first-order valence-corrected chi connectivity index (χ1v) is 10.2.